The smallest absolute Gasteiger partial charge is 0.407 e. The van der Waals surface area contributed by atoms with E-state index in [4.69, 9.17) is 23.6 Å². The summed E-state index contributed by atoms with van der Waals surface area (Å²) in [6.45, 7) is -0.0527. The molecule has 0 radical (unpaired) electrons. The van der Waals surface area contributed by atoms with Gasteiger partial charge < -0.3 is 34.2 Å². The molecule has 4 aliphatic rings. The molecule has 0 unspecified atom stereocenters. The maximum atomic E-state index is 14.5. The number of hydrogen-bond acceptors (Lipinski definition) is 11. The van der Waals surface area contributed by atoms with E-state index in [-0.39, 0.29) is 19.4 Å². The highest BCUT2D eigenvalue weighted by atomic mass is 32.2. The Hall–Kier alpha value is -5.64. The number of furan rings is 1. The van der Waals surface area contributed by atoms with E-state index in [9.17, 15) is 27.6 Å². The quantitative estimate of drug-likeness (QED) is 0.209. The van der Waals surface area contributed by atoms with E-state index < -0.39 is 68.7 Å². The Morgan fingerprint density at radius 3 is 2.58 bits per heavy atom. The second-order valence-corrected chi connectivity index (χ2v) is 17.1. The van der Waals surface area contributed by atoms with Gasteiger partial charge in [0.05, 0.1) is 31.7 Å². The number of carbonyl (C=O) groups is 4. The lowest BCUT2D eigenvalue weighted by molar-refractivity contribution is -0.141. The lowest BCUT2D eigenvalue weighted by Crippen LogP contribution is -2.58. The van der Waals surface area contributed by atoms with E-state index in [1.807, 2.05) is 60.7 Å². The first kappa shape index (κ1) is 38.2. The van der Waals surface area contributed by atoms with Crippen LogP contribution in [0.4, 0.5) is 4.79 Å². The highest BCUT2D eigenvalue weighted by molar-refractivity contribution is 7.91. The third kappa shape index (κ3) is 7.62. The number of alkyl carbamates (subject to hydrolysis) is 1. The number of nitrogens with one attached hydrogen (secondary N) is 3. The summed E-state index contributed by atoms with van der Waals surface area (Å²) in [7, 11) is -1.13. The molecule has 0 spiro atoms. The van der Waals surface area contributed by atoms with Crippen LogP contribution in [0.15, 0.2) is 71.2 Å². The molecule has 15 nitrogen and oxygen atoms in total. The van der Waals surface area contributed by atoms with E-state index >= 15 is 0 Å². The highest BCUT2D eigenvalue weighted by Gasteiger charge is 2.62. The topological polar surface area (TPSA) is 195 Å². The summed E-state index contributed by atoms with van der Waals surface area (Å²) in [5, 5.41) is 5.66. The van der Waals surface area contributed by atoms with Gasteiger partial charge in [-0.05, 0) is 62.8 Å². The molecule has 2 saturated carbocycles. The monoisotopic (exact) mass is 799 g/mol. The number of pyridine rings is 1. The average Bonchev–Trinajstić information content (AvgIpc) is 4.11. The maximum absolute atomic E-state index is 14.5. The van der Waals surface area contributed by atoms with Crippen LogP contribution in [0.2, 0.25) is 0 Å². The zero-order valence-corrected chi connectivity index (χ0v) is 32.5. The van der Waals surface area contributed by atoms with E-state index in [0.717, 1.165) is 18.2 Å². The molecule has 8 rings (SSSR count). The highest BCUT2D eigenvalue weighted by Crippen LogP contribution is 2.46. The SMILES string of the molecule is COC(=O)N[C@H]1CCCCC/C=C\[C@@H]2C[C@@]2(C(=O)NS(=O)(=O)C2CC2)NC(=O)[C@@H]2C[C@@H](Oc3cc(-c4ccccc4OC)nc4c3oc3ccccc34)CN2C1=O. The number of allylic oxidation sites excluding steroid dienone is 1. The normalized spacial score (nSPS) is 26.0. The molecule has 0 bridgehead atoms. The van der Waals surface area contributed by atoms with Gasteiger partial charge in [-0.3, -0.25) is 19.1 Å². The molecular formula is C41H45N5O10S. The molecule has 2 aliphatic heterocycles. The number of para-hydroxylation sites is 2. The molecule has 3 N–H and O–H groups in total. The summed E-state index contributed by atoms with van der Waals surface area (Å²) in [4.78, 5) is 61.6. The van der Waals surface area contributed by atoms with Crippen molar-refractivity contribution in [2.45, 2.75) is 86.8 Å². The maximum Gasteiger partial charge on any atom is 0.407 e. The zero-order chi connectivity index (χ0) is 39.9. The van der Waals surface area contributed by atoms with E-state index in [1.165, 1.54) is 12.0 Å². The van der Waals surface area contributed by atoms with Crippen molar-refractivity contribution in [3.05, 3.63) is 66.7 Å². The first-order valence-corrected chi connectivity index (χ1v) is 20.9. The minimum atomic E-state index is -3.91. The van der Waals surface area contributed by atoms with Gasteiger partial charge in [0.1, 0.15) is 40.6 Å². The number of benzene rings is 2. The first-order valence-electron chi connectivity index (χ1n) is 19.3. The molecule has 3 fully saturated rings. The molecule has 2 aromatic heterocycles. The molecule has 4 heterocycles. The number of ether oxygens (including phenoxy) is 3. The van der Waals surface area contributed by atoms with Crippen molar-refractivity contribution in [2.24, 2.45) is 5.92 Å². The van der Waals surface area contributed by atoms with Gasteiger partial charge in [0.2, 0.25) is 21.8 Å². The fraction of sp³-hybridized carbons (Fsp3) is 0.439. The molecule has 2 aromatic carbocycles. The van der Waals surface area contributed by atoms with Gasteiger partial charge in [-0.15, -0.1) is 0 Å². The number of aromatic nitrogens is 1. The molecule has 2 aliphatic carbocycles. The van der Waals surface area contributed by atoms with Gasteiger partial charge in [-0.2, -0.15) is 0 Å². The van der Waals surface area contributed by atoms with Crippen LogP contribution in [-0.2, 0) is 29.1 Å². The van der Waals surface area contributed by atoms with Crippen LogP contribution in [0.3, 0.4) is 0 Å². The fourth-order valence-corrected chi connectivity index (χ4v) is 9.33. The Kier molecular flexibility index (Phi) is 10.3. The number of fused-ring (bicyclic) bond motifs is 5. The summed E-state index contributed by atoms with van der Waals surface area (Å²) in [5.74, 6) is -1.48. The number of sulfonamides is 1. The number of nitrogens with zero attached hydrogens (tertiary/aromatic N) is 2. The van der Waals surface area contributed by atoms with Crippen molar-refractivity contribution in [3.8, 4) is 22.8 Å². The summed E-state index contributed by atoms with van der Waals surface area (Å²) >= 11 is 0. The van der Waals surface area contributed by atoms with Crippen LogP contribution in [0.25, 0.3) is 33.3 Å². The molecular weight excluding hydrogens is 755 g/mol. The lowest BCUT2D eigenvalue weighted by Gasteiger charge is -2.29. The van der Waals surface area contributed by atoms with Gasteiger partial charge in [0.15, 0.2) is 11.3 Å². The third-order valence-corrected chi connectivity index (χ3v) is 13.1. The Morgan fingerprint density at radius 2 is 1.79 bits per heavy atom. The molecule has 16 heteroatoms. The van der Waals surface area contributed by atoms with Gasteiger partial charge in [0.25, 0.3) is 5.91 Å². The summed E-state index contributed by atoms with van der Waals surface area (Å²) in [6.07, 6.45) is 6.51. The molecule has 57 heavy (non-hydrogen) atoms. The fourth-order valence-electron chi connectivity index (χ4n) is 7.96. The van der Waals surface area contributed by atoms with Crippen LogP contribution in [-0.4, -0.2) is 91.9 Å². The third-order valence-electron chi connectivity index (χ3n) is 11.3. The van der Waals surface area contributed by atoms with Crippen LogP contribution in [0.1, 0.15) is 57.8 Å². The van der Waals surface area contributed by atoms with Gasteiger partial charge in [-0.25, -0.2) is 18.2 Å². The van der Waals surface area contributed by atoms with Gasteiger partial charge in [-0.1, -0.05) is 49.3 Å². The minimum Gasteiger partial charge on any atom is -0.496 e. The molecule has 4 aromatic rings. The number of amides is 4. The molecule has 4 amide bonds. The van der Waals surface area contributed by atoms with Crippen LogP contribution in [0, 0.1) is 5.92 Å². The summed E-state index contributed by atoms with van der Waals surface area (Å²) in [5.41, 5.74) is 1.25. The van der Waals surface area contributed by atoms with Crippen molar-refractivity contribution < 1.29 is 46.2 Å². The van der Waals surface area contributed by atoms with Crippen molar-refractivity contribution in [3.63, 3.8) is 0 Å². The average molecular weight is 800 g/mol. The standard InChI is InChI=1S/C41H45N5O10S/c1-53-32-16-10-8-13-27(32)30-21-34(36-35(42-30)28-14-9-11-17-33(28)56-36)55-25-20-31-37(47)44-41(39(49)45-57(51,52)26-18-19-26)22-24(41)12-6-4-3-5-7-15-29(43-40(50)54-2)38(48)46(31)23-25/h6,8-14,16-17,21,24-26,29,31H,3-5,7,15,18-20,22-23H2,1-2H3,(H,43,50)(H,44,47)(H,45,49)/b12-6-/t24-,25-,29+,31+,41-/m1/s1. The number of methoxy groups -OCH3 is 2. The second-order valence-electron chi connectivity index (χ2n) is 15.2. The lowest BCUT2D eigenvalue weighted by atomic mass is 10.1. The number of carbonyl (C=O) groups excluding carboxylic acids is 4. The zero-order valence-electron chi connectivity index (χ0n) is 31.7. The van der Waals surface area contributed by atoms with Crippen molar-refractivity contribution in [1.82, 2.24) is 25.2 Å². The largest absolute Gasteiger partial charge is 0.496 e. The van der Waals surface area contributed by atoms with Crippen molar-refractivity contribution in [2.75, 3.05) is 20.8 Å². The Balaban J connectivity index is 1.16. The second kappa shape index (κ2) is 15.4. The molecule has 300 valence electrons. The summed E-state index contributed by atoms with van der Waals surface area (Å²) in [6, 6.07) is 14.5. The van der Waals surface area contributed by atoms with E-state index in [0.29, 0.717) is 71.5 Å². The number of rotatable bonds is 8. The van der Waals surface area contributed by atoms with Crippen LogP contribution in [0.5, 0.6) is 11.5 Å². The predicted octanol–water partition coefficient (Wildman–Crippen LogP) is 4.73. The molecule has 1 saturated heterocycles. The van der Waals surface area contributed by atoms with E-state index in [2.05, 4.69) is 15.4 Å². The van der Waals surface area contributed by atoms with Crippen LogP contribution < -0.4 is 24.8 Å². The minimum absolute atomic E-state index is 0.00906. The van der Waals surface area contributed by atoms with Crippen molar-refractivity contribution in [1.29, 1.82) is 0 Å². The Morgan fingerprint density at radius 1 is 1.00 bits per heavy atom. The van der Waals surface area contributed by atoms with Crippen LogP contribution >= 0.6 is 0 Å². The van der Waals surface area contributed by atoms with Gasteiger partial charge >= 0.3 is 6.09 Å². The summed E-state index contributed by atoms with van der Waals surface area (Å²) < 4.78 is 51.5. The van der Waals surface area contributed by atoms with E-state index in [1.54, 1.807) is 13.2 Å². The Labute approximate surface area is 329 Å². The number of hydrogen-bond donors (Lipinski definition) is 3. The van der Waals surface area contributed by atoms with Crippen molar-refractivity contribution >= 4 is 55.9 Å². The molecule has 5 atom stereocenters. The Bertz CT molecular complexity index is 2380. The van der Waals surface area contributed by atoms with Gasteiger partial charge in [0, 0.05) is 29.4 Å². The predicted molar refractivity (Wildman–Crippen MR) is 209 cm³/mol. The first-order chi connectivity index (χ1) is 27.5.